The largest absolute Gasteiger partial charge is 0.492 e. The highest BCUT2D eigenvalue weighted by molar-refractivity contribution is 6.00. The van der Waals surface area contributed by atoms with Crippen molar-refractivity contribution in [3.63, 3.8) is 0 Å². The molecule has 3 N–H and O–H groups in total. The van der Waals surface area contributed by atoms with Gasteiger partial charge >= 0.3 is 12.0 Å². The number of esters is 1. The summed E-state index contributed by atoms with van der Waals surface area (Å²) in [5.74, 6) is 0.0495. The maximum Gasteiger partial charge on any atom is 0.337 e. The van der Waals surface area contributed by atoms with E-state index < -0.39 is 5.97 Å². The number of hydrazine groups is 1. The van der Waals surface area contributed by atoms with Crippen LogP contribution in [-0.2, 0) is 27.3 Å². The van der Waals surface area contributed by atoms with Gasteiger partial charge in [-0.25, -0.2) is 14.6 Å². The number of rotatable bonds is 13. The molecule has 47 heavy (non-hydrogen) atoms. The average Bonchev–Trinajstić information content (AvgIpc) is 3.46. The molecule has 5 rings (SSSR count). The van der Waals surface area contributed by atoms with E-state index in [1.54, 1.807) is 36.4 Å². The molecule has 1 saturated heterocycles. The van der Waals surface area contributed by atoms with Crippen LogP contribution >= 0.6 is 0 Å². The summed E-state index contributed by atoms with van der Waals surface area (Å²) in [6.45, 7) is 3.21. The lowest BCUT2D eigenvalue weighted by atomic mass is 10.1. The maximum absolute atomic E-state index is 13.3. The van der Waals surface area contributed by atoms with Gasteiger partial charge in [0.1, 0.15) is 12.4 Å². The Hall–Kier alpha value is -5.19. The standard InChI is InChI=1S/C37H40N4O6/c1-26-8-6-7-11-34(26)39-37(44)38-30-16-12-27(13-17-30)22-35(42)40-41-31(24-46-23-28-9-4-3-5-10-28)18-19-32(41)25-47-33-20-14-29(15-21-33)36(43)45-2/h3-17,20-21,31-32H,18-19,22-25H2,1-2H3,(H,40,42)(H2,38,39,44)/t31-,32+/m1/s1. The molecule has 3 amide bonds. The first-order valence-electron chi connectivity index (χ1n) is 15.6. The SMILES string of the molecule is COC(=O)c1ccc(OC[C@@H]2CC[C@H](COCc3ccccc3)N2NC(=O)Cc2ccc(NC(=O)Nc3ccccc3C)cc2)cc1. The fraction of sp³-hybridized carbons (Fsp3) is 0.270. The molecule has 2 atom stereocenters. The number of hydrogen-bond acceptors (Lipinski definition) is 7. The molecule has 10 nitrogen and oxygen atoms in total. The highest BCUT2D eigenvalue weighted by Crippen LogP contribution is 2.25. The van der Waals surface area contributed by atoms with E-state index in [9.17, 15) is 14.4 Å². The van der Waals surface area contributed by atoms with Gasteiger partial charge in [-0.15, -0.1) is 0 Å². The van der Waals surface area contributed by atoms with Crippen LogP contribution in [0.25, 0.3) is 0 Å². The van der Waals surface area contributed by atoms with Crippen LogP contribution in [0.1, 0.15) is 39.9 Å². The third-order valence-corrected chi connectivity index (χ3v) is 7.98. The first-order chi connectivity index (χ1) is 22.9. The molecule has 0 radical (unpaired) electrons. The summed E-state index contributed by atoms with van der Waals surface area (Å²) in [6.07, 6.45) is 1.80. The van der Waals surface area contributed by atoms with Gasteiger partial charge < -0.3 is 24.8 Å². The number of para-hydroxylation sites is 1. The van der Waals surface area contributed by atoms with Crippen molar-refractivity contribution in [1.29, 1.82) is 0 Å². The molecule has 1 aliphatic heterocycles. The van der Waals surface area contributed by atoms with Gasteiger partial charge in [-0.2, -0.15) is 0 Å². The summed E-state index contributed by atoms with van der Waals surface area (Å²) in [5, 5.41) is 7.64. The number of nitrogens with one attached hydrogen (secondary N) is 3. The Kier molecular flexibility index (Phi) is 11.6. The van der Waals surface area contributed by atoms with Crippen LogP contribution in [0.15, 0.2) is 103 Å². The predicted octanol–water partition coefficient (Wildman–Crippen LogP) is 6.13. The maximum atomic E-state index is 13.3. The Balaban J connectivity index is 1.17. The van der Waals surface area contributed by atoms with E-state index >= 15 is 0 Å². The van der Waals surface area contributed by atoms with Crippen LogP contribution < -0.4 is 20.8 Å². The summed E-state index contributed by atoms with van der Waals surface area (Å²) in [4.78, 5) is 37.5. The van der Waals surface area contributed by atoms with Crippen LogP contribution in [-0.4, -0.2) is 55.3 Å². The lowest BCUT2D eigenvalue weighted by molar-refractivity contribution is -0.127. The summed E-state index contributed by atoms with van der Waals surface area (Å²) in [7, 11) is 1.34. The third kappa shape index (κ3) is 9.65. The summed E-state index contributed by atoms with van der Waals surface area (Å²) < 4.78 is 16.9. The number of nitrogens with zero attached hydrogens (tertiary/aromatic N) is 1. The zero-order chi connectivity index (χ0) is 33.0. The number of aryl methyl sites for hydroxylation is 1. The number of carbonyl (C=O) groups is 3. The number of amides is 3. The number of methoxy groups -OCH3 is 1. The summed E-state index contributed by atoms with van der Waals surface area (Å²) >= 11 is 0. The van der Waals surface area contributed by atoms with Gasteiger partial charge in [-0.3, -0.25) is 10.2 Å². The lowest BCUT2D eigenvalue weighted by Gasteiger charge is -2.30. The van der Waals surface area contributed by atoms with Gasteiger partial charge in [0.2, 0.25) is 5.91 Å². The van der Waals surface area contributed by atoms with Gasteiger partial charge in [-0.1, -0.05) is 60.7 Å². The fourth-order valence-electron chi connectivity index (χ4n) is 5.43. The van der Waals surface area contributed by atoms with Crippen LogP contribution in [0.5, 0.6) is 5.75 Å². The van der Waals surface area contributed by atoms with E-state index in [1.165, 1.54) is 7.11 Å². The minimum absolute atomic E-state index is 0.0312. The minimum Gasteiger partial charge on any atom is -0.492 e. The van der Waals surface area contributed by atoms with Gasteiger partial charge in [0.05, 0.1) is 44.4 Å². The molecule has 0 aromatic heterocycles. The third-order valence-electron chi connectivity index (χ3n) is 7.98. The molecule has 0 spiro atoms. The van der Waals surface area contributed by atoms with E-state index in [0.717, 1.165) is 35.2 Å². The summed E-state index contributed by atoms with van der Waals surface area (Å²) in [5.41, 5.74) is 7.78. The highest BCUT2D eigenvalue weighted by Gasteiger charge is 2.35. The van der Waals surface area contributed by atoms with E-state index in [-0.39, 0.29) is 30.4 Å². The smallest absolute Gasteiger partial charge is 0.337 e. The molecular weight excluding hydrogens is 596 g/mol. The van der Waals surface area contributed by atoms with Crippen LogP contribution in [0.3, 0.4) is 0 Å². The Bertz CT molecular complexity index is 1630. The minimum atomic E-state index is -0.408. The van der Waals surface area contributed by atoms with E-state index in [1.807, 2.05) is 78.7 Å². The predicted molar refractivity (Wildman–Crippen MR) is 180 cm³/mol. The Morgan fingerprint density at radius 1 is 0.766 bits per heavy atom. The number of anilines is 2. The normalized spacial score (nSPS) is 15.9. The number of urea groups is 1. The molecule has 0 bridgehead atoms. The quantitative estimate of drug-likeness (QED) is 0.151. The van der Waals surface area contributed by atoms with E-state index in [0.29, 0.717) is 36.8 Å². The van der Waals surface area contributed by atoms with Gasteiger partial charge in [0.15, 0.2) is 0 Å². The second-order valence-corrected chi connectivity index (χ2v) is 11.4. The molecule has 0 unspecified atom stereocenters. The van der Waals surface area contributed by atoms with Crippen LogP contribution in [0.2, 0.25) is 0 Å². The zero-order valence-corrected chi connectivity index (χ0v) is 26.6. The monoisotopic (exact) mass is 636 g/mol. The number of hydrogen-bond donors (Lipinski definition) is 3. The number of ether oxygens (including phenoxy) is 3. The summed E-state index contributed by atoms with van der Waals surface area (Å²) in [6, 6.07) is 31.1. The van der Waals surface area contributed by atoms with Crippen molar-refractivity contribution in [3.8, 4) is 5.75 Å². The van der Waals surface area contributed by atoms with E-state index in [2.05, 4.69) is 16.1 Å². The van der Waals surface area contributed by atoms with Crippen molar-refractivity contribution in [2.24, 2.45) is 0 Å². The average molecular weight is 637 g/mol. The fourth-order valence-corrected chi connectivity index (χ4v) is 5.43. The molecule has 0 aliphatic carbocycles. The molecule has 1 aliphatic rings. The second-order valence-electron chi connectivity index (χ2n) is 11.4. The molecule has 244 valence electrons. The van der Waals surface area contributed by atoms with Crippen LogP contribution in [0.4, 0.5) is 16.2 Å². The van der Waals surface area contributed by atoms with Crippen LogP contribution in [0, 0.1) is 6.92 Å². The Morgan fingerprint density at radius 3 is 2.15 bits per heavy atom. The molecule has 1 fully saturated rings. The number of benzene rings is 4. The van der Waals surface area contributed by atoms with Gasteiger partial charge in [0.25, 0.3) is 0 Å². The molecule has 10 heteroatoms. The van der Waals surface area contributed by atoms with Crippen molar-refractivity contribution in [1.82, 2.24) is 10.4 Å². The Labute approximate surface area is 275 Å². The van der Waals surface area contributed by atoms with E-state index in [4.69, 9.17) is 14.2 Å². The van der Waals surface area contributed by atoms with Crippen molar-refractivity contribution < 1.29 is 28.6 Å². The van der Waals surface area contributed by atoms with Gasteiger partial charge in [-0.05, 0) is 78.9 Å². The first kappa shape index (κ1) is 33.2. The van der Waals surface area contributed by atoms with Crippen molar-refractivity contribution in [2.75, 3.05) is 31.0 Å². The van der Waals surface area contributed by atoms with Crippen molar-refractivity contribution in [2.45, 2.75) is 44.9 Å². The van der Waals surface area contributed by atoms with Gasteiger partial charge in [0, 0.05) is 11.4 Å². The molecule has 4 aromatic rings. The van der Waals surface area contributed by atoms with Crippen molar-refractivity contribution >= 4 is 29.3 Å². The molecule has 0 saturated carbocycles. The van der Waals surface area contributed by atoms with Crippen molar-refractivity contribution in [3.05, 3.63) is 125 Å². The number of carbonyl (C=O) groups excluding carboxylic acids is 3. The lowest BCUT2D eigenvalue weighted by Crippen LogP contribution is -2.52. The molecular formula is C37H40N4O6. The first-order valence-corrected chi connectivity index (χ1v) is 15.6. The Morgan fingerprint density at radius 2 is 1.45 bits per heavy atom. The second kappa shape index (κ2) is 16.4. The zero-order valence-electron chi connectivity index (χ0n) is 26.6. The molecule has 4 aromatic carbocycles. The highest BCUT2D eigenvalue weighted by atomic mass is 16.5. The molecule has 1 heterocycles. The topological polar surface area (TPSA) is 118 Å².